The van der Waals surface area contributed by atoms with E-state index >= 15 is 0 Å². The molecule has 0 saturated carbocycles. The van der Waals surface area contributed by atoms with Gasteiger partial charge in [-0.2, -0.15) is 0 Å². The summed E-state index contributed by atoms with van der Waals surface area (Å²) in [7, 11) is 0. The van der Waals surface area contributed by atoms with Gasteiger partial charge in [-0.25, -0.2) is 4.39 Å². The molecule has 0 spiro atoms. The van der Waals surface area contributed by atoms with Crippen LogP contribution in [0.4, 0.5) is 10.1 Å². The molecule has 0 bridgehead atoms. The van der Waals surface area contributed by atoms with Crippen LogP contribution >= 0.6 is 23.4 Å². The number of carbonyl (C=O) groups is 2. The van der Waals surface area contributed by atoms with Crippen LogP contribution in [0.3, 0.4) is 0 Å². The lowest BCUT2D eigenvalue weighted by Crippen LogP contribution is -2.25. The van der Waals surface area contributed by atoms with Crippen molar-refractivity contribution in [2.75, 3.05) is 5.32 Å². The summed E-state index contributed by atoms with van der Waals surface area (Å²) >= 11 is 7.34. The molecule has 1 aromatic rings. The Hall–Kier alpha value is -1.27. The van der Waals surface area contributed by atoms with E-state index in [1.165, 1.54) is 17.8 Å². The quantitative estimate of drug-likeness (QED) is 0.457. The van der Waals surface area contributed by atoms with Crippen LogP contribution in [0.2, 0.25) is 5.02 Å². The number of nitrogens with one attached hydrogen (secondary N) is 1. The molecule has 2 unspecified atom stereocenters. The van der Waals surface area contributed by atoms with Crippen molar-refractivity contribution in [3.8, 4) is 0 Å². The Kier molecular flexibility index (Phi) is 8.90. The molecule has 1 rings (SSSR count). The predicted octanol–water partition coefficient (Wildman–Crippen LogP) is 5.53. The first-order chi connectivity index (χ1) is 12.1. The number of anilines is 1. The van der Waals surface area contributed by atoms with E-state index in [1.807, 2.05) is 20.8 Å². The zero-order chi connectivity index (χ0) is 20.0. The fourth-order valence-electron chi connectivity index (χ4n) is 2.02. The van der Waals surface area contributed by atoms with Crippen molar-refractivity contribution in [1.29, 1.82) is 0 Å². The van der Waals surface area contributed by atoms with Gasteiger partial charge in [-0.1, -0.05) is 39.3 Å². The monoisotopic (exact) mass is 403 g/mol. The third-order valence-electron chi connectivity index (χ3n) is 3.95. The molecular formula is C19H27ClFNO3S. The van der Waals surface area contributed by atoms with E-state index in [4.69, 9.17) is 16.3 Å². The van der Waals surface area contributed by atoms with Crippen molar-refractivity contribution in [2.24, 2.45) is 11.8 Å². The molecule has 7 heteroatoms. The highest BCUT2D eigenvalue weighted by Gasteiger charge is 2.24. The van der Waals surface area contributed by atoms with Gasteiger partial charge < -0.3 is 10.1 Å². The van der Waals surface area contributed by atoms with E-state index in [1.54, 1.807) is 20.8 Å². The van der Waals surface area contributed by atoms with Crippen molar-refractivity contribution in [1.82, 2.24) is 0 Å². The molecule has 26 heavy (non-hydrogen) atoms. The number of rotatable bonds is 8. The first kappa shape index (κ1) is 22.8. The lowest BCUT2D eigenvalue weighted by atomic mass is 9.97. The summed E-state index contributed by atoms with van der Waals surface area (Å²) in [4.78, 5) is 24.9. The van der Waals surface area contributed by atoms with Crippen molar-refractivity contribution in [3.63, 3.8) is 0 Å². The Bertz CT molecular complexity index is 652. The van der Waals surface area contributed by atoms with Gasteiger partial charge in [-0.15, -0.1) is 11.8 Å². The zero-order valence-corrected chi connectivity index (χ0v) is 17.6. The van der Waals surface area contributed by atoms with E-state index in [9.17, 15) is 14.0 Å². The predicted molar refractivity (Wildman–Crippen MR) is 105 cm³/mol. The van der Waals surface area contributed by atoms with Crippen LogP contribution in [0.1, 0.15) is 48.0 Å². The molecule has 0 aromatic heterocycles. The van der Waals surface area contributed by atoms with Crippen LogP contribution in [0.5, 0.6) is 0 Å². The van der Waals surface area contributed by atoms with Gasteiger partial charge in [0, 0.05) is 10.8 Å². The number of ether oxygens (including phenoxy) is 1. The van der Waals surface area contributed by atoms with Crippen molar-refractivity contribution < 1.29 is 18.7 Å². The van der Waals surface area contributed by atoms with Crippen molar-refractivity contribution in [2.45, 2.75) is 64.2 Å². The maximum Gasteiger partial charge on any atom is 0.319 e. The highest BCUT2D eigenvalue weighted by molar-refractivity contribution is 8.00. The average molecular weight is 404 g/mol. The van der Waals surface area contributed by atoms with Gasteiger partial charge in [0.25, 0.3) is 0 Å². The zero-order valence-electron chi connectivity index (χ0n) is 16.1. The van der Waals surface area contributed by atoms with Crippen molar-refractivity contribution >= 4 is 40.9 Å². The minimum atomic E-state index is -0.610. The topological polar surface area (TPSA) is 55.4 Å². The van der Waals surface area contributed by atoms with Gasteiger partial charge in [-0.3, -0.25) is 9.59 Å². The normalized spacial score (nSPS) is 13.6. The number of benzene rings is 1. The van der Waals surface area contributed by atoms with Crippen LogP contribution in [0, 0.1) is 17.7 Å². The second-order valence-corrected chi connectivity index (χ2v) is 8.44. The second-order valence-electron chi connectivity index (χ2n) is 6.78. The molecule has 0 aliphatic rings. The molecule has 0 aliphatic heterocycles. The lowest BCUT2D eigenvalue weighted by molar-refractivity contribution is -0.146. The van der Waals surface area contributed by atoms with E-state index in [0.717, 1.165) is 6.07 Å². The summed E-state index contributed by atoms with van der Waals surface area (Å²) in [5.74, 6) is -1.34. The van der Waals surface area contributed by atoms with Gasteiger partial charge >= 0.3 is 5.97 Å². The minimum absolute atomic E-state index is 0.0569. The first-order valence-corrected chi connectivity index (χ1v) is 9.99. The minimum Gasteiger partial charge on any atom is -0.462 e. The summed E-state index contributed by atoms with van der Waals surface area (Å²) in [6.07, 6.45) is 0.323. The Morgan fingerprint density at radius 3 is 2.35 bits per heavy atom. The van der Waals surface area contributed by atoms with Crippen LogP contribution < -0.4 is 5.32 Å². The van der Waals surface area contributed by atoms with Crippen LogP contribution in [-0.4, -0.2) is 23.2 Å². The number of hydrogen-bond donors (Lipinski definition) is 1. The van der Waals surface area contributed by atoms with Gasteiger partial charge in [0.15, 0.2) is 0 Å². The molecule has 2 atom stereocenters. The van der Waals surface area contributed by atoms with E-state index in [2.05, 4.69) is 5.32 Å². The molecule has 0 saturated heterocycles. The smallest absolute Gasteiger partial charge is 0.319 e. The molecule has 0 radical (unpaired) electrons. The first-order valence-electron chi connectivity index (χ1n) is 8.73. The number of amides is 1. The molecule has 0 heterocycles. The summed E-state index contributed by atoms with van der Waals surface area (Å²) in [5, 5.41) is 2.34. The van der Waals surface area contributed by atoms with Crippen LogP contribution in [0.15, 0.2) is 17.0 Å². The van der Waals surface area contributed by atoms with Gasteiger partial charge in [0.1, 0.15) is 11.1 Å². The maximum absolute atomic E-state index is 14.2. The SMILES string of the molecule is CCC(Sc1cc(NC(=O)C(C)C(C)C)c(F)cc1Cl)C(=O)OC(C)C. The number of carbonyl (C=O) groups excluding carboxylic acids is 2. The molecule has 4 nitrogen and oxygen atoms in total. The second kappa shape index (κ2) is 10.2. The highest BCUT2D eigenvalue weighted by Crippen LogP contribution is 2.36. The van der Waals surface area contributed by atoms with E-state index in [0.29, 0.717) is 11.3 Å². The molecule has 146 valence electrons. The van der Waals surface area contributed by atoms with E-state index in [-0.39, 0.29) is 40.5 Å². The molecule has 1 amide bonds. The Labute approximate surface area is 164 Å². The van der Waals surface area contributed by atoms with Gasteiger partial charge in [0.05, 0.1) is 16.8 Å². The maximum atomic E-state index is 14.2. The van der Waals surface area contributed by atoms with E-state index < -0.39 is 11.1 Å². The average Bonchev–Trinajstić information content (AvgIpc) is 2.54. The number of halogens is 2. The largest absolute Gasteiger partial charge is 0.462 e. The Balaban J connectivity index is 3.02. The van der Waals surface area contributed by atoms with Crippen LogP contribution in [-0.2, 0) is 14.3 Å². The Morgan fingerprint density at radius 2 is 1.85 bits per heavy atom. The summed E-state index contributed by atoms with van der Waals surface area (Å²) in [6.45, 7) is 11.1. The van der Waals surface area contributed by atoms with Gasteiger partial charge in [0.2, 0.25) is 5.91 Å². The fraction of sp³-hybridized carbons (Fsp3) is 0.579. The molecular weight excluding hydrogens is 377 g/mol. The van der Waals surface area contributed by atoms with Crippen molar-refractivity contribution in [3.05, 3.63) is 23.0 Å². The molecule has 1 aromatic carbocycles. The molecule has 1 N–H and O–H groups in total. The highest BCUT2D eigenvalue weighted by atomic mass is 35.5. The Morgan fingerprint density at radius 1 is 1.23 bits per heavy atom. The summed E-state index contributed by atoms with van der Waals surface area (Å²) < 4.78 is 19.5. The number of hydrogen-bond acceptors (Lipinski definition) is 4. The fourth-order valence-corrected chi connectivity index (χ4v) is 3.29. The van der Waals surface area contributed by atoms with Crippen LogP contribution in [0.25, 0.3) is 0 Å². The standard InChI is InChI=1S/C19H27ClFNO3S/c1-7-16(19(24)25-11(4)5)26-17-9-15(14(21)8-13(17)20)22-18(23)12(6)10(2)3/h8-12,16H,7H2,1-6H3,(H,22,23). The summed E-state index contributed by atoms with van der Waals surface area (Å²) in [5.41, 5.74) is 0.0569. The third-order valence-corrected chi connectivity index (χ3v) is 5.77. The lowest BCUT2D eigenvalue weighted by Gasteiger charge is -2.19. The van der Waals surface area contributed by atoms with Gasteiger partial charge in [-0.05, 0) is 38.3 Å². The molecule has 0 fully saturated rings. The number of thioether (sulfide) groups is 1. The molecule has 0 aliphatic carbocycles. The number of esters is 1. The third kappa shape index (κ3) is 6.47. The summed E-state index contributed by atoms with van der Waals surface area (Å²) in [6, 6.07) is 2.62.